The van der Waals surface area contributed by atoms with Gasteiger partial charge in [-0.2, -0.15) is 0 Å². The van der Waals surface area contributed by atoms with E-state index in [-0.39, 0.29) is 17.5 Å². The lowest BCUT2D eigenvalue weighted by Crippen LogP contribution is -2.52. The molecule has 0 aliphatic heterocycles. The molecule has 2 aliphatic carbocycles. The average molecular weight is 282 g/mol. The third kappa shape index (κ3) is 2.76. The zero-order chi connectivity index (χ0) is 14.8. The first-order valence-electron chi connectivity index (χ1n) is 7.70. The van der Waals surface area contributed by atoms with Crippen LogP contribution in [0.5, 0.6) is 0 Å². The molecule has 0 radical (unpaired) electrons. The maximum absolute atomic E-state index is 12.0. The minimum atomic E-state index is -0.823. The van der Waals surface area contributed by atoms with E-state index in [1.54, 1.807) is 6.92 Å². The molecule has 0 aromatic rings. The fourth-order valence-electron chi connectivity index (χ4n) is 3.46. The van der Waals surface area contributed by atoms with E-state index in [1.165, 1.54) is 19.3 Å². The summed E-state index contributed by atoms with van der Waals surface area (Å²) in [5.74, 6) is -0.815. The summed E-state index contributed by atoms with van der Waals surface area (Å²) < 4.78 is 0. The summed E-state index contributed by atoms with van der Waals surface area (Å²) in [6.07, 6.45) is 6.93. The third-order valence-electron chi connectivity index (χ3n) is 5.54. The van der Waals surface area contributed by atoms with Crippen LogP contribution in [0.25, 0.3) is 0 Å². The number of hydrogen-bond acceptors (Lipinski definition) is 2. The Morgan fingerprint density at radius 3 is 2.45 bits per heavy atom. The quantitative estimate of drug-likeness (QED) is 0.725. The Balaban J connectivity index is 1.84. The summed E-state index contributed by atoms with van der Waals surface area (Å²) in [7, 11) is 0. The number of hydrogen-bond donors (Lipinski definition) is 3. The molecule has 5 heteroatoms. The summed E-state index contributed by atoms with van der Waals surface area (Å²) in [4.78, 5) is 23.4. The molecule has 2 amide bonds. The van der Waals surface area contributed by atoms with E-state index in [9.17, 15) is 14.7 Å². The number of carbonyl (C=O) groups excluding carboxylic acids is 1. The molecule has 2 unspecified atom stereocenters. The molecule has 114 valence electrons. The van der Waals surface area contributed by atoms with Crippen molar-refractivity contribution in [1.82, 2.24) is 10.6 Å². The molecule has 2 aliphatic rings. The maximum Gasteiger partial charge on any atom is 0.315 e. The Kier molecular flexibility index (Phi) is 4.25. The van der Waals surface area contributed by atoms with Gasteiger partial charge in [-0.1, -0.05) is 19.8 Å². The van der Waals surface area contributed by atoms with Crippen molar-refractivity contribution in [2.24, 2.45) is 10.8 Å². The van der Waals surface area contributed by atoms with E-state index in [0.29, 0.717) is 13.0 Å². The van der Waals surface area contributed by atoms with E-state index in [2.05, 4.69) is 17.6 Å². The Bertz CT molecular complexity index is 387. The number of rotatable bonds is 5. The minimum absolute atomic E-state index is 0.218. The van der Waals surface area contributed by atoms with Crippen LogP contribution in [-0.2, 0) is 4.79 Å². The normalized spacial score (nSPS) is 31.4. The van der Waals surface area contributed by atoms with Gasteiger partial charge in [0.2, 0.25) is 0 Å². The van der Waals surface area contributed by atoms with Gasteiger partial charge in [0, 0.05) is 12.6 Å². The molecule has 0 bridgehead atoms. The van der Waals surface area contributed by atoms with Crippen molar-refractivity contribution in [3.05, 3.63) is 0 Å². The van der Waals surface area contributed by atoms with Crippen molar-refractivity contribution in [3.63, 3.8) is 0 Å². The number of urea groups is 1. The first-order chi connectivity index (χ1) is 9.42. The van der Waals surface area contributed by atoms with Crippen LogP contribution in [0.4, 0.5) is 4.79 Å². The highest BCUT2D eigenvalue weighted by Gasteiger charge is 2.46. The second-order valence-corrected chi connectivity index (χ2v) is 6.70. The van der Waals surface area contributed by atoms with Crippen LogP contribution in [0.2, 0.25) is 0 Å². The summed E-state index contributed by atoms with van der Waals surface area (Å²) >= 11 is 0. The number of carboxylic acid groups (broad SMARTS) is 1. The summed E-state index contributed by atoms with van der Waals surface area (Å²) in [6, 6.07) is -0.483. The molecular weight excluding hydrogens is 256 g/mol. The molecule has 5 nitrogen and oxygen atoms in total. The summed E-state index contributed by atoms with van der Waals surface area (Å²) in [5, 5.41) is 15.1. The van der Waals surface area contributed by atoms with E-state index >= 15 is 0 Å². The Labute approximate surface area is 120 Å². The predicted molar refractivity (Wildman–Crippen MR) is 76.5 cm³/mol. The van der Waals surface area contributed by atoms with Crippen LogP contribution in [0, 0.1) is 10.8 Å². The molecule has 2 atom stereocenters. The van der Waals surface area contributed by atoms with Crippen molar-refractivity contribution < 1.29 is 14.7 Å². The van der Waals surface area contributed by atoms with Gasteiger partial charge in [0.1, 0.15) is 0 Å². The zero-order valence-corrected chi connectivity index (χ0v) is 12.5. The number of carboxylic acids is 1. The Morgan fingerprint density at radius 1 is 1.25 bits per heavy atom. The van der Waals surface area contributed by atoms with Gasteiger partial charge >= 0.3 is 12.0 Å². The second-order valence-electron chi connectivity index (χ2n) is 6.70. The number of nitrogens with one attached hydrogen (secondary N) is 2. The largest absolute Gasteiger partial charge is 0.481 e. The standard InChI is InChI=1S/C15H26N2O3/c1-3-15(8-5-9-15)10-16-13(20)17-11-6-4-7-14(11,2)12(18)19/h11H,3-10H2,1-2H3,(H,18,19)(H2,16,17,20). The fourth-order valence-corrected chi connectivity index (χ4v) is 3.46. The Morgan fingerprint density at radius 2 is 1.95 bits per heavy atom. The topological polar surface area (TPSA) is 78.4 Å². The Hall–Kier alpha value is -1.26. The minimum Gasteiger partial charge on any atom is -0.481 e. The molecule has 20 heavy (non-hydrogen) atoms. The molecule has 3 N–H and O–H groups in total. The van der Waals surface area contributed by atoms with Crippen LogP contribution in [0.15, 0.2) is 0 Å². The summed E-state index contributed by atoms with van der Waals surface area (Å²) in [6.45, 7) is 4.59. The van der Waals surface area contributed by atoms with Gasteiger partial charge in [0.15, 0.2) is 0 Å². The van der Waals surface area contributed by atoms with Crippen LogP contribution in [0.3, 0.4) is 0 Å². The average Bonchev–Trinajstić information content (AvgIpc) is 2.71. The lowest BCUT2D eigenvalue weighted by molar-refractivity contribution is -0.148. The lowest BCUT2D eigenvalue weighted by Gasteiger charge is -2.41. The van der Waals surface area contributed by atoms with Crippen LogP contribution < -0.4 is 10.6 Å². The van der Waals surface area contributed by atoms with Gasteiger partial charge in [0.05, 0.1) is 5.41 Å². The molecule has 0 aromatic carbocycles. The van der Waals surface area contributed by atoms with Crippen molar-refractivity contribution in [2.75, 3.05) is 6.54 Å². The van der Waals surface area contributed by atoms with Gasteiger partial charge in [-0.25, -0.2) is 4.79 Å². The van der Waals surface area contributed by atoms with Gasteiger partial charge in [-0.05, 0) is 44.4 Å². The van der Waals surface area contributed by atoms with Crippen molar-refractivity contribution in [3.8, 4) is 0 Å². The highest BCUT2D eigenvalue weighted by Crippen LogP contribution is 2.43. The molecule has 0 aromatic heterocycles. The predicted octanol–water partition coefficient (Wildman–Crippen LogP) is 2.51. The van der Waals surface area contributed by atoms with E-state index in [1.807, 2.05) is 0 Å². The van der Waals surface area contributed by atoms with Crippen molar-refractivity contribution in [1.29, 1.82) is 0 Å². The molecule has 2 rings (SSSR count). The first kappa shape index (κ1) is 15.1. The smallest absolute Gasteiger partial charge is 0.315 e. The second kappa shape index (κ2) is 5.62. The van der Waals surface area contributed by atoms with Gasteiger partial charge in [-0.15, -0.1) is 0 Å². The fraction of sp³-hybridized carbons (Fsp3) is 0.867. The van der Waals surface area contributed by atoms with Crippen LogP contribution in [-0.4, -0.2) is 29.7 Å². The zero-order valence-electron chi connectivity index (χ0n) is 12.5. The highest BCUT2D eigenvalue weighted by molar-refractivity contribution is 5.79. The number of carbonyl (C=O) groups is 2. The van der Waals surface area contributed by atoms with Crippen molar-refractivity contribution in [2.45, 2.75) is 64.8 Å². The monoisotopic (exact) mass is 282 g/mol. The molecule has 0 saturated heterocycles. The van der Waals surface area contributed by atoms with Crippen LogP contribution >= 0.6 is 0 Å². The molecule has 0 heterocycles. The highest BCUT2D eigenvalue weighted by atomic mass is 16.4. The van der Waals surface area contributed by atoms with Crippen LogP contribution in [0.1, 0.15) is 58.8 Å². The molecule has 2 fully saturated rings. The lowest BCUT2D eigenvalue weighted by atomic mass is 9.67. The van der Waals surface area contributed by atoms with E-state index < -0.39 is 11.4 Å². The maximum atomic E-state index is 12.0. The first-order valence-corrected chi connectivity index (χ1v) is 7.70. The van der Waals surface area contributed by atoms with Gasteiger partial charge in [-0.3, -0.25) is 4.79 Å². The molecular formula is C15H26N2O3. The number of aliphatic carboxylic acids is 1. The third-order valence-corrected chi connectivity index (χ3v) is 5.54. The van der Waals surface area contributed by atoms with E-state index in [0.717, 1.165) is 19.3 Å². The summed E-state index contributed by atoms with van der Waals surface area (Å²) in [5.41, 5.74) is -0.542. The van der Waals surface area contributed by atoms with Gasteiger partial charge < -0.3 is 15.7 Å². The molecule has 0 spiro atoms. The SMILES string of the molecule is CCC1(CNC(=O)NC2CCCC2(C)C(=O)O)CCC1. The van der Waals surface area contributed by atoms with E-state index in [4.69, 9.17) is 0 Å². The van der Waals surface area contributed by atoms with Gasteiger partial charge in [0.25, 0.3) is 0 Å². The molecule has 2 saturated carbocycles. The van der Waals surface area contributed by atoms with Crippen molar-refractivity contribution >= 4 is 12.0 Å². The number of amides is 2.